The molecule has 0 unspecified atom stereocenters. The van der Waals surface area contributed by atoms with Crippen molar-refractivity contribution in [1.29, 1.82) is 0 Å². The van der Waals surface area contributed by atoms with Gasteiger partial charge in [-0.2, -0.15) is 0 Å². The summed E-state index contributed by atoms with van der Waals surface area (Å²) in [5.41, 5.74) is 0. The van der Waals surface area contributed by atoms with Crippen LogP contribution in [-0.2, 0) is 9.53 Å². The minimum atomic E-state index is 0.191. The van der Waals surface area contributed by atoms with E-state index < -0.39 is 0 Å². The molecule has 1 saturated heterocycles. The molecule has 1 aliphatic rings. The quantitative estimate of drug-likeness (QED) is 0.562. The van der Waals surface area contributed by atoms with Crippen LogP contribution in [0.4, 0.5) is 0 Å². The Balaban J connectivity index is 1.89. The minimum absolute atomic E-state index is 0.191. The normalized spacial score (nSPS) is 16.7. The van der Waals surface area contributed by atoms with E-state index in [1.165, 1.54) is 0 Å². The molecule has 0 atom stereocenters. The molecule has 1 rings (SSSR count). The van der Waals surface area contributed by atoms with E-state index in [0.29, 0.717) is 0 Å². The maximum atomic E-state index is 11.3. The van der Waals surface area contributed by atoms with Crippen LogP contribution < -0.4 is 10.6 Å². The monoisotopic (exact) mass is 186 g/mol. The summed E-state index contributed by atoms with van der Waals surface area (Å²) in [7, 11) is 1.69. The Morgan fingerprint density at radius 3 is 2.85 bits per heavy atom. The lowest BCUT2D eigenvalue weighted by Crippen LogP contribution is -2.50. The van der Waals surface area contributed by atoms with E-state index in [4.69, 9.17) is 4.74 Å². The summed E-state index contributed by atoms with van der Waals surface area (Å²) in [5.74, 6) is 0.401. The van der Waals surface area contributed by atoms with Crippen molar-refractivity contribution in [2.45, 2.75) is 12.8 Å². The van der Waals surface area contributed by atoms with E-state index in [0.717, 1.165) is 39.1 Å². The molecule has 2 N–H and O–H groups in total. The number of carbonyl (C=O) groups is 1. The van der Waals surface area contributed by atoms with Gasteiger partial charge >= 0.3 is 0 Å². The minimum Gasteiger partial charge on any atom is -0.385 e. The molecule has 13 heavy (non-hydrogen) atoms. The maximum absolute atomic E-state index is 11.3. The number of ether oxygens (including phenoxy) is 1. The lowest BCUT2D eigenvalue weighted by molar-refractivity contribution is -0.126. The number of methoxy groups -OCH3 is 1. The van der Waals surface area contributed by atoms with E-state index in [-0.39, 0.29) is 11.8 Å². The summed E-state index contributed by atoms with van der Waals surface area (Å²) >= 11 is 0. The SMILES string of the molecule is COCCCCNC(=O)C1CNC1. The molecule has 1 fully saturated rings. The molecule has 76 valence electrons. The Morgan fingerprint density at radius 2 is 2.31 bits per heavy atom. The van der Waals surface area contributed by atoms with E-state index in [2.05, 4.69) is 10.6 Å². The summed E-state index contributed by atoms with van der Waals surface area (Å²) in [6.45, 7) is 3.23. The second-order valence-electron chi connectivity index (χ2n) is 3.35. The number of hydrogen-bond donors (Lipinski definition) is 2. The second kappa shape index (κ2) is 5.94. The summed E-state index contributed by atoms with van der Waals surface area (Å²) in [6, 6.07) is 0. The van der Waals surface area contributed by atoms with Gasteiger partial charge in [-0.15, -0.1) is 0 Å². The number of unbranched alkanes of at least 4 members (excludes halogenated alkanes) is 1. The van der Waals surface area contributed by atoms with Gasteiger partial charge in [-0.3, -0.25) is 4.79 Å². The summed E-state index contributed by atoms with van der Waals surface area (Å²) in [4.78, 5) is 11.3. The predicted molar refractivity (Wildman–Crippen MR) is 50.5 cm³/mol. The molecule has 0 aromatic carbocycles. The lowest BCUT2D eigenvalue weighted by atomic mass is 10.0. The fourth-order valence-corrected chi connectivity index (χ4v) is 1.20. The van der Waals surface area contributed by atoms with Crippen LogP contribution in [0.3, 0.4) is 0 Å². The number of carbonyl (C=O) groups excluding carboxylic acids is 1. The molecule has 1 heterocycles. The highest BCUT2D eigenvalue weighted by Crippen LogP contribution is 2.01. The standard InChI is InChI=1S/C9H18N2O2/c1-13-5-3-2-4-11-9(12)8-6-10-7-8/h8,10H,2-7H2,1H3,(H,11,12). The Hall–Kier alpha value is -0.610. The predicted octanol–water partition coefficient (Wildman–Crippen LogP) is -0.251. The topological polar surface area (TPSA) is 50.4 Å². The molecule has 0 saturated carbocycles. The first kappa shape index (κ1) is 10.5. The van der Waals surface area contributed by atoms with Gasteiger partial charge in [0.05, 0.1) is 5.92 Å². The van der Waals surface area contributed by atoms with Crippen molar-refractivity contribution in [3.05, 3.63) is 0 Å². The molecular formula is C9H18N2O2. The molecule has 0 bridgehead atoms. The first-order valence-corrected chi connectivity index (χ1v) is 4.82. The molecule has 0 aromatic heterocycles. The zero-order chi connectivity index (χ0) is 9.52. The van der Waals surface area contributed by atoms with Gasteiger partial charge in [0.2, 0.25) is 5.91 Å². The van der Waals surface area contributed by atoms with Gasteiger partial charge in [0.15, 0.2) is 0 Å². The van der Waals surface area contributed by atoms with Gasteiger partial charge in [0.25, 0.3) is 0 Å². The van der Waals surface area contributed by atoms with Crippen LogP contribution in [0, 0.1) is 5.92 Å². The molecule has 0 radical (unpaired) electrons. The van der Waals surface area contributed by atoms with Crippen LogP contribution in [0.2, 0.25) is 0 Å². The van der Waals surface area contributed by atoms with Crippen LogP contribution >= 0.6 is 0 Å². The zero-order valence-electron chi connectivity index (χ0n) is 8.14. The highest BCUT2D eigenvalue weighted by atomic mass is 16.5. The lowest BCUT2D eigenvalue weighted by Gasteiger charge is -2.25. The first-order chi connectivity index (χ1) is 6.34. The molecule has 4 heteroatoms. The third-order valence-electron chi connectivity index (χ3n) is 2.23. The van der Waals surface area contributed by atoms with E-state index >= 15 is 0 Å². The average Bonchev–Trinajstić information content (AvgIpc) is 2.01. The number of nitrogens with one attached hydrogen (secondary N) is 2. The highest BCUT2D eigenvalue weighted by molar-refractivity contribution is 5.79. The van der Waals surface area contributed by atoms with Crippen molar-refractivity contribution >= 4 is 5.91 Å². The third-order valence-corrected chi connectivity index (χ3v) is 2.23. The number of rotatable bonds is 6. The smallest absolute Gasteiger partial charge is 0.225 e. The Bertz CT molecular complexity index is 158. The molecule has 0 aliphatic carbocycles. The van der Waals surface area contributed by atoms with Crippen molar-refractivity contribution in [2.75, 3.05) is 33.4 Å². The first-order valence-electron chi connectivity index (χ1n) is 4.82. The fourth-order valence-electron chi connectivity index (χ4n) is 1.20. The van der Waals surface area contributed by atoms with Crippen LogP contribution in [0.5, 0.6) is 0 Å². The Labute approximate surface area is 79.0 Å². The summed E-state index contributed by atoms with van der Waals surface area (Å²) in [5, 5.41) is 5.98. The van der Waals surface area contributed by atoms with Crippen molar-refractivity contribution in [3.63, 3.8) is 0 Å². The zero-order valence-corrected chi connectivity index (χ0v) is 8.14. The fraction of sp³-hybridized carbons (Fsp3) is 0.889. The van der Waals surface area contributed by atoms with Crippen molar-refractivity contribution in [1.82, 2.24) is 10.6 Å². The van der Waals surface area contributed by atoms with Crippen molar-refractivity contribution < 1.29 is 9.53 Å². The number of hydrogen-bond acceptors (Lipinski definition) is 3. The van der Waals surface area contributed by atoms with Crippen LogP contribution in [-0.4, -0.2) is 39.3 Å². The second-order valence-corrected chi connectivity index (χ2v) is 3.35. The number of amides is 1. The van der Waals surface area contributed by atoms with Gasteiger partial charge in [-0.1, -0.05) is 0 Å². The van der Waals surface area contributed by atoms with Gasteiger partial charge in [-0.05, 0) is 12.8 Å². The Morgan fingerprint density at radius 1 is 1.54 bits per heavy atom. The third kappa shape index (κ3) is 3.74. The average molecular weight is 186 g/mol. The molecule has 0 aromatic rings. The van der Waals surface area contributed by atoms with Crippen LogP contribution in [0.15, 0.2) is 0 Å². The summed E-state index contributed by atoms with van der Waals surface area (Å²) < 4.78 is 4.91. The van der Waals surface area contributed by atoms with Crippen molar-refractivity contribution in [3.8, 4) is 0 Å². The molecule has 1 aliphatic heterocycles. The van der Waals surface area contributed by atoms with Crippen LogP contribution in [0.1, 0.15) is 12.8 Å². The van der Waals surface area contributed by atoms with Gasteiger partial charge in [-0.25, -0.2) is 0 Å². The Kier molecular flexibility index (Phi) is 4.78. The molecular weight excluding hydrogens is 168 g/mol. The molecule has 0 spiro atoms. The van der Waals surface area contributed by atoms with Gasteiger partial charge in [0, 0.05) is 33.4 Å². The van der Waals surface area contributed by atoms with E-state index in [1.807, 2.05) is 0 Å². The molecule has 4 nitrogen and oxygen atoms in total. The van der Waals surface area contributed by atoms with Crippen molar-refractivity contribution in [2.24, 2.45) is 5.92 Å². The molecule has 1 amide bonds. The van der Waals surface area contributed by atoms with E-state index in [1.54, 1.807) is 7.11 Å². The van der Waals surface area contributed by atoms with Crippen LogP contribution in [0.25, 0.3) is 0 Å². The van der Waals surface area contributed by atoms with Gasteiger partial charge in [0.1, 0.15) is 0 Å². The highest BCUT2D eigenvalue weighted by Gasteiger charge is 2.23. The largest absolute Gasteiger partial charge is 0.385 e. The summed E-state index contributed by atoms with van der Waals surface area (Å²) in [6.07, 6.45) is 2.01. The van der Waals surface area contributed by atoms with Gasteiger partial charge < -0.3 is 15.4 Å². The van der Waals surface area contributed by atoms with E-state index in [9.17, 15) is 4.79 Å². The maximum Gasteiger partial charge on any atom is 0.225 e.